The van der Waals surface area contributed by atoms with Gasteiger partial charge in [-0.1, -0.05) is 18.2 Å². The minimum atomic E-state index is -0.179. The summed E-state index contributed by atoms with van der Waals surface area (Å²) in [4.78, 5) is 24.3. The third kappa shape index (κ3) is 6.60. The van der Waals surface area contributed by atoms with Gasteiger partial charge >= 0.3 is 0 Å². The van der Waals surface area contributed by atoms with Gasteiger partial charge in [0.25, 0.3) is 5.91 Å². The molecular formula is C25H26N2O4. The molecule has 3 aromatic rings. The Morgan fingerprint density at radius 1 is 0.839 bits per heavy atom. The number of amides is 2. The predicted molar refractivity (Wildman–Crippen MR) is 121 cm³/mol. The highest BCUT2D eigenvalue weighted by atomic mass is 16.5. The van der Waals surface area contributed by atoms with Crippen molar-refractivity contribution in [2.45, 2.75) is 20.3 Å². The maximum Gasteiger partial charge on any atom is 0.251 e. The Labute approximate surface area is 182 Å². The molecule has 2 amide bonds. The molecule has 6 nitrogen and oxygen atoms in total. The minimum Gasteiger partial charge on any atom is -0.494 e. The number of benzene rings is 3. The maximum atomic E-state index is 12.2. The molecular weight excluding hydrogens is 392 g/mol. The van der Waals surface area contributed by atoms with Crippen molar-refractivity contribution in [1.29, 1.82) is 0 Å². The predicted octanol–water partition coefficient (Wildman–Crippen LogP) is 4.94. The molecule has 0 heterocycles. The molecule has 6 heteroatoms. The van der Waals surface area contributed by atoms with E-state index in [1.807, 2.05) is 56.3 Å². The lowest BCUT2D eigenvalue weighted by Gasteiger charge is -2.10. The van der Waals surface area contributed by atoms with Gasteiger partial charge in [0.05, 0.1) is 6.61 Å². The van der Waals surface area contributed by atoms with Crippen LogP contribution in [0.2, 0.25) is 0 Å². The molecule has 0 saturated heterocycles. The standard InChI is InChI=1S/C25H26N2O4/c1-3-30-20-12-14-22(15-13-20)31-21-10-8-19(9-11-21)27-24(28)16-17-26-25(29)23-7-5-4-6-18(23)2/h4-15H,3,16-17H2,1-2H3,(H,26,29)(H,27,28). The van der Waals surface area contributed by atoms with Gasteiger partial charge in [-0.05, 0) is 74.0 Å². The first kappa shape index (κ1) is 21.9. The van der Waals surface area contributed by atoms with E-state index in [4.69, 9.17) is 9.47 Å². The molecule has 31 heavy (non-hydrogen) atoms. The van der Waals surface area contributed by atoms with E-state index >= 15 is 0 Å². The second-order valence-electron chi connectivity index (χ2n) is 6.90. The molecule has 0 spiro atoms. The fourth-order valence-corrected chi connectivity index (χ4v) is 2.95. The largest absolute Gasteiger partial charge is 0.494 e. The first-order chi connectivity index (χ1) is 15.0. The van der Waals surface area contributed by atoms with Crippen LogP contribution in [0.5, 0.6) is 17.2 Å². The van der Waals surface area contributed by atoms with Crippen molar-refractivity contribution in [2.75, 3.05) is 18.5 Å². The van der Waals surface area contributed by atoms with Gasteiger partial charge < -0.3 is 20.1 Å². The highest BCUT2D eigenvalue weighted by Gasteiger charge is 2.09. The van der Waals surface area contributed by atoms with Gasteiger partial charge in [-0.15, -0.1) is 0 Å². The number of carbonyl (C=O) groups is 2. The zero-order chi connectivity index (χ0) is 22.1. The van der Waals surface area contributed by atoms with E-state index < -0.39 is 0 Å². The minimum absolute atomic E-state index is 0.176. The number of hydrogen-bond donors (Lipinski definition) is 2. The van der Waals surface area contributed by atoms with Gasteiger partial charge in [-0.2, -0.15) is 0 Å². The molecule has 0 bridgehead atoms. The fraction of sp³-hybridized carbons (Fsp3) is 0.200. The fourth-order valence-electron chi connectivity index (χ4n) is 2.95. The Kier molecular flexibility index (Phi) is 7.65. The summed E-state index contributed by atoms with van der Waals surface area (Å²) in [5.41, 5.74) is 2.18. The van der Waals surface area contributed by atoms with Crippen molar-refractivity contribution in [1.82, 2.24) is 5.32 Å². The lowest BCUT2D eigenvalue weighted by molar-refractivity contribution is -0.116. The summed E-state index contributed by atoms with van der Waals surface area (Å²) >= 11 is 0. The summed E-state index contributed by atoms with van der Waals surface area (Å²) in [7, 11) is 0. The second-order valence-corrected chi connectivity index (χ2v) is 6.90. The zero-order valence-electron chi connectivity index (χ0n) is 17.7. The Bertz CT molecular complexity index is 1010. The molecule has 0 unspecified atom stereocenters. The van der Waals surface area contributed by atoms with Crippen molar-refractivity contribution >= 4 is 17.5 Å². The van der Waals surface area contributed by atoms with Gasteiger partial charge in [0, 0.05) is 24.2 Å². The number of rotatable bonds is 9. The highest BCUT2D eigenvalue weighted by molar-refractivity contribution is 5.96. The molecule has 0 radical (unpaired) electrons. The first-order valence-corrected chi connectivity index (χ1v) is 10.2. The number of nitrogens with one attached hydrogen (secondary N) is 2. The van der Waals surface area contributed by atoms with Crippen molar-refractivity contribution in [3.63, 3.8) is 0 Å². The number of anilines is 1. The molecule has 0 atom stereocenters. The number of aryl methyl sites for hydroxylation is 1. The van der Waals surface area contributed by atoms with Crippen LogP contribution in [-0.2, 0) is 4.79 Å². The van der Waals surface area contributed by atoms with E-state index in [1.54, 1.807) is 30.3 Å². The summed E-state index contributed by atoms with van der Waals surface area (Å²) in [6.45, 7) is 4.70. The molecule has 0 aliphatic rings. The highest BCUT2D eigenvalue weighted by Crippen LogP contribution is 2.25. The van der Waals surface area contributed by atoms with Crippen LogP contribution in [0, 0.1) is 6.92 Å². The average molecular weight is 418 g/mol. The smallest absolute Gasteiger partial charge is 0.251 e. The van der Waals surface area contributed by atoms with Crippen LogP contribution in [0.25, 0.3) is 0 Å². The Morgan fingerprint density at radius 3 is 2.10 bits per heavy atom. The molecule has 3 rings (SSSR count). The zero-order valence-corrected chi connectivity index (χ0v) is 17.7. The maximum absolute atomic E-state index is 12.2. The van der Waals surface area contributed by atoms with Gasteiger partial charge in [-0.3, -0.25) is 9.59 Å². The lowest BCUT2D eigenvalue weighted by Crippen LogP contribution is -2.28. The van der Waals surface area contributed by atoms with Gasteiger partial charge in [-0.25, -0.2) is 0 Å². The van der Waals surface area contributed by atoms with Crippen LogP contribution in [0.4, 0.5) is 5.69 Å². The lowest BCUT2D eigenvalue weighted by atomic mass is 10.1. The Balaban J connectivity index is 1.44. The molecule has 3 aromatic carbocycles. The van der Waals surface area contributed by atoms with E-state index in [2.05, 4.69) is 10.6 Å². The second kappa shape index (κ2) is 10.8. The monoisotopic (exact) mass is 418 g/mol. The molecule has 0 fully saturated rings. The number of ether oxygens (including phenoxy) is 2. The Morgan fingerprint density at radius 2 is 1.45 bits per heavy atom. The third-order valence-corrected chi connectivity index (χ3v) is 4.54. The SMILES string of the molecule is CCOc1ccc(Oc2ccc(NC(=O)CCNC(=O)c3ccccc3C)cc2)cc1. The first-order valence-electron chi connectivity index (χ1n) is 10.2. The molecule has 160 valence electrons. The van der Waals surface area contributed by atoms with Crippen LogP contribution in [-0.4, -0.2) is 25.0 Å². The van der Waals surface area contributed by atoms with E-state index in [1.165, 1.54) is 0 Å². The van der Waals surface area contributed by atoms with Gasteiger partial charge in [0.2, 0.25) is 5.91 Å². The third-order valence-electron chi connectivity index (χ3n) is 4.54. The van der Waals surface area contributed by atoms with E-state index in [0.717, 1.165) is 11.3 Å². The van der Waals surface area contributed by atoms with Crippen LogP contribution < -0.4 is 20.1 Å². The van der Waals surface area contributed by atoms with E-state index in [0.29, 0.717) is 29.4 Å². The van der Waals surface area contributed by atoms with Crippen LogP contribution in [0.15, 0.2) is 72.8 Å². The molecule has 0 aromatic heterocycles. The molecule has 2 N–H and O–H groups in total. The van der Waals surface area contributed by atoms with Crippen molar-refractivity contribution < 1.29 is 19.1 Å². The number of carbonyl (C=O) groups excluding carboxylic acids is 2. The van der Waals surface area contributed by atoms with E-state index in [9.17, 15) is 9.59 Å². The average Bonchev–Trinajstić information content (AvgIpc) is 2.77. The van der Waals surface area contributed by atoms with Crippen LogP contribution in [0.3, 0.4) is 0 Å². The van der Waals surface area contributed by atoms with E-state index in [-0.39, 0.29) is 24.8 Å². The molecule has 0 aliphatic heterocycles. The molecule has 0 saturated carbocycles. The van der Waals surface area contributed by atoms with Crippen molar-refractivity contribution in [2.24, 2.45) is 0 Å². The van der Waals surface area contributed by atoms with Gasteiger partial charge in [0.15, 0.2) is 0 Å². The molecule has 0 aliphatic carbocycles. The van der Waals surface area contributed by atoms with Crippen LogP contribution >= 0.6 is 0 Å². The summed E-state index contributed by atoms with van der Waals surface area (Å²) in [5.74, 6) is 1.80. The van der Waals surface area contributed by atoms with Crippen LogP contribution in [0.1, 0.15) is 29.3 Å². The topological polar surface area (TPSA) is 76.7 Å². The number of hydrogen-bond acceptors (Lipinski definition) is 4. The van der Waals surface area contributed by atoms with Crippen molar-refractivity contribution in [3.8, 4) is 17.2 Å². The Hall–Kier alpha value is -3.80. The van der Waals surface area contributed by atoms with Crippen molar-refractivity contribution in [3.05, 3.63) is 83.9 Å². The summed E-state index contributed by atoms with van der Waals surface area (Å²) in [5, 5.41) is 5.59. The quantitative estimate of drug-likeness (QED) is 0.516. The summed E-state index contributed by atoms with van der Waals surface area (Å²) in [6.07, 6.45) is 0.183. The summed E-state index contributed by atoms with van der Waals surface area (Å²) < 4.78 is 11.2. The summed E-state index contributed by atoms with van der Waals surface area (Å²) in [6, 6.07) is 21.8. The normalized spacial score (nSPS) is 10.3. The van der Waals surface area contributed by atoms with Gasteiger partial charge in [0.1, 0.15) is 17.2 Å².